The van der Waals surface area contributed by atoms with Crippen LogP contribution in [0.25, 0.3) is 0 Å². The molecule has 0 N–H and O–H groups in total. The summed E-state index contributed by atoms with van der Waals surface area (Å²) in [4.78, 5) is 28.2. The lowest BCUT2D eigenvalue weighted by Crippen LogP contribution is -2.38. The van der Waals surface area contributed by atoms with E-state index in [4.69, 9.17) is 0 Å². The highest BCUT2D eigenvalue weighted by molar-refractivity contribution is 6.00. The van der Waals surface area contributed by atoms with Crippen LogP contribution in [-0.4, -0.2) is 14.8 Å². The summed E-state index contributed by atoms with van der Waals surface area (Å²) in [6.45, 7) is 3.23. The molecule has 0 aliphatic carbocycles. The van der Waals surface area contributed by atoms with Gasteiger partial charge in [0.25, 0.3) is 5.56 Å². The lowest BCUT2D eigenvalue weighted by atomic mass is 10.1. The molecule has 0 unspecified atom stereocenters. The number of aromatic nitrogens is 2. The van der Waals surface area contributed by atoms with Crippen molar-refractivity contribution in [2.45, 2.75) is 13.8 Å². The van der Waals surface area contributed by atoms with Crippen LogP contribution in [0.15, 0.2) is 38.8 Å². The van der Waals surface area contributed by atoms with Gasteiger partial charge in [-0.2, -0.15) is 0 Å². The van der Waals surface area contributed by atoms with Crippen LogP contribution in [0, 0.1) is 12.7 Å². The maximum atomic E-state index is 13.8. The van der Waals surface area contributed by atoms with Crippen LogP contribution in [0.5, 0.6) is 0 Å². The molecule has 0 bridgehead atoms. The number of hydrogen-bond acceptors (Lipinski definition) is 3. The molecule has 6 heteroatoms. The van der Waals surface area contributed by atoms with E-state index in [0.29, 0.717) is 16.8 Å². The van der Waals surface area contributed by atoms with Crippen molar-refractivity contribution in [3.63, 3.8) is 0 Å². The second kappa shape index (κ2) is 5.47. The van der Waals surface area contributed by atoms with Crippen LogP contribution in [-0.2, 0) is 14.1 Å². The first-order valence-corrected chi connectivity index (χ1v) is 6.41. The summed E-state index contributed by atoms with van der Waals surface area (Å²) >= 11 is 0. The fraction of sp³-hybridized carbons (Fsp3) is 0.267. The standard InChI is InChI=1S/C15H16FN3O2/c1-9-13(18(3)15(21)19(4)14(9)20)17-10(2)11-7-5-6-8-12(11)16/h5-8H,1-4H3/b17-10+. The van der Waals surface area contributed by atoms with E-state index in [1.54, 1.807) is 32.0 Å². The molecule has 0 spiro atoms. The first-order valence-electron chi connectivity index (χ1n) is 6.41. The van der Waals surface area contributed by atoms with Gasteiger partial charge in [0.15, 0.2) is 0 Å². The van der Waals surface area contributed by atoms with Crippen molar-refractivity contribution in [2.75, 3.05) is 0 Å². The van der Waals surface area contributed by atoms with E-state index >= 15 is 0 Å². The highest BCUT2D eigenvalue weighted by Gasteiger charge is 2.12. The fourth-order valence-corrected chi connectivity index (χ4v) is 2.13. The quantitative estimate of drug-likeness (QED) is 0.790. The Morgan fingerprint density at radius 3 is 2.38 bits per heavy atom. The zero-order chi connectivity index (χ0) is 15.7. The zero-order valence-corrected chi connectivity index (χ0v) is 12.3. The first kappa shape index (κ1) is 14.9. The van der Waals surface area contributed by atoms with Crippen molar-refractivity contribution in [1.29, 1.82) is 0 Å². The van der Waals surface area contributed by atoms with E-state index in [1.807, 2.05) is 0 Å². The summed E-state index contributed by atoms with van der Waals surface area (Å²) < 4.78 is 16.1. The van der Waals surface area contributed by atoms with E-state index in [9.17, 15) is 14.0 Å². The maximum Gasteiger partial charge on any atom is 0.332 e. The predicted octanol–water partition coefficient (Wildman–Crippen LogP) is 1.67. The second-order valence-electron chi connectivity index (χ2n) is 4.83. The average Bonchev–Trinajstić information content (AvgIpc) is 2.48. The third-order valence-corrected chi connectivity index (χ3v) is 3.39. The Labute approximate surface area is 121 Å². The number of halogens is 1. The molecule has 21 heavy (non-hydrogen) atoms. The molecule has 5 nitrogen and oxygen atoms in total. The van der Waals surface area contributed by atoms with Gasteiger partial charge in [-0.25, -0.2) is 14.2 Å². The Kier molecular flexibility index (Phi) is 3.88. The number of aliphatic imine (C=N–C) groups is 1. The molecule has 0 saturated carbocycles. The van der Waals surface area contributed by atoms with Gasteiger partial charge in [0.1, 0.15) is 11.6 Å². The highest BCUT2D eigenvalue weighted by Crippen LogP contribution is 2.15. The normalized spacial score (nSPS) is 11.8. The molecule has 2 rings (SSSR count). The minimum atomic E-state index is -0.467. The van der Waals surface area contributed by atoms with Gasteiger partial charge in [-0.3, -0.25) is 13.9 Å². The van der Waals surface area contributed by atoms with Gasteiger partial charge in [-0.05, 0) is 19.9 Å². The summed E-state index contributed by atoms with van der Waals surface area (Å²) in [6, 6.07) is 6.23. The number of nitrogens with zero attached hydrogens (tertiary/aromatic N) is 3. The van der Waals surface area contributed by atoms with Crippen LogP contribution in [0.1, 0.15) is 18.1 Å². The van der Waals surface area contributed by atoms with Crippen molar-refractivity contribution < 1.29 is 4.39 Å². The SMILES string of the molecule is C/C(=N\c1c(C)c(=O)n(C)c(=O)n1C)c1ccccc1F. The zero-order valence-electron chi connectivity index (χ0n) is 12.3. The molecular formula is C15H16FN3O2. The van der Waals surface area contributed by atoms with Crippen molar-refractivity contribution in [3.8, 4) is 0 Å². The van der Waals surface area contributed by atoms with Gasteiger partial charge >= 0.3 is 5.69 Å². The van der Waals surface area contributed by atoms with Crippen LogP contribution < -0.4 is 11.2 Å². The number of benzene rings is 1. The molecule has 0 aliphatic rings. The Bertz CT molecular complexity index is 810. The Morgan fingerprint density at radius 2 is 1.76 bits per heavy atom. The smallest absolute Gasteiger partial charge is 0.281 e. The summed E-state index contributed by atoms with van der Waals surface area (Å²) in [5, 5.41) is 0. The topological polar surface area (TPSA) is 56.4 Å². The van der Waals surface area contributed by atoms with Gasteiger partial charge in [-0.1, -0.05) is 18.2 Å². The lowest BCUT2D eigenvalue weighted by Gasteiger charge is -2.10. The molecule has 0 saturated heterocycles. The minimum Gasteiger partial charge on any atom is -0.281 e. The minimum absolute atomic E-state index is 0.240. The van der Waals surface area contributed by atoms with E-state index in [-0.39, 0.29) is 5.82 Å². The molecule has 1 heterocycles. The number of rotatable bonds is 2. The molecule has 110 valence electrons. The Hall–Kier alpha value is -2.50. The summed E-state index contributed by atoms with van der Waals surface area (Å²) in [6.07, 6.45) is 0. The average molecular weight is 289 g/mol. The van der Waals surface area contributed by atoms with Gasteiger partial charge in [0.05, 0.1) is 5.56 Å². The summed E-state index contributed by atoms with van der Waals surface area (Å²) in [5.41, 5.74) is 0.212. The molecule has 0 atom stereocenters. The molecule has 1 aromatic carbocycles. The van der Waals surface area contributed by atoms with Crippen LogP contribution in [0.3, 0.4) is 0 Å². The van der Waals surface area contributed by atoms with Gasteiger partial charge in [0, 0.05) is 25.4 Å². The molecule has 0 radical (unpaired) electrons. The van der Waals surface area contributed by atoms with Crippen molar-refractivity contribution in [2.24, 2.45) is 19.1 Å². The van der Waals surface area contributed by atoms with Crippen molar-refractivity contribution in [1.82, 2.24) is 9.13 Å². The lowest BCUT2D eigenvalue weighted by molar-refractivity contribution is 0.625. The Balaban J connectivity index is 2.70. The largest absolute Gasteiger partial charge is 0.332 e. The molecule has 0 aliphatic heterocycles. The monoisotopic (exact) mass is 289 g/mol. The fourth-order valence-electron chi connectivity index (χ4n) is 2.13. The van der Waals surface area contributed by atoms with Gasteiger partial charge in [-0.15, -0.1) is 0 Å². The Morgan fingerprint density at radius 1 is 1.14 bits per heavy atom. The van der Waals surface area contributed by atoms with Crippen molar-refractivity contribution in [3.05, 3.63) is 62.0 Å². The molecular weight excluding hydrogens is 273 g/mol. The first-order chi connectivity index (χ1) is 9.84. The molecule has 0 amide bonds. The van der Waals surface area contributed by atoms with Crippen LogP contribution in [0.4, 0.5) is 10.2 Å². The second-order valence-corrected chi connectivity index (χ2v) is 4.83. The van der Waals surface area contributed by atoms with Gasteiger partial charge < -0.3 is 0 Å². The third-order valence-electron chi connectivity index (χ3n) is 3.39. The van der Waals surface area contributed by atoms with Crippen LogP contribution >= 0.6 is 0 Å². The number of hydrogen-bond donors (Lipinski definition) is 0. The van der Waals surface area contributed by atoms with Crippen molar-refractivity contribution >= 4 is 11.5 Å². The van der Waals surface area contributed by atoms with Crippen LogP contribution in [0.2, 0.25) is 0 Å². The summed E-state index contributed by atoms with van der Waals surface area (Å²) in [7, 11) is 2.94. The maximum absolute atomic E-state index is 13.8. The van der Waals surface area contributed by atoms with Gasteiger partial charge in [0.2, 0.25) is 0 Å². The van der Waals surface area contributed by atoms with E-state index in [0.717, 1.165) is 4.57 Å². The predicted molar refractivity (Wildman–Crippen MR) is 79.9 cm³/mol. The molecule has 0 fully saturated rings. The highest BCUT2D eigenvalue weighted by atomic mass is 19.1. The summed E-state index contributed by atoms with van der Waals surface area (Å²) in [5.74, 6) is -0.158. The van der Waals surface area contributed by atoms with E-state index < -0.39 is 17.1 Å². The van der Waals surface area contributed by atoms with E-state index in [2.05, 4.69) is 4.99 Å². The van der Waals surface area contributed by atoms with E-state index in [1.165, 1.54) is 24.7 Å². The molecule has 1 aromatic heterocycles. The third kappa shape index (κ3) is 2.56. The molecule has 2 aromatic rings.